The fourth-order valence-electron chi connectivity index (χ4n) is 3.52. The van der Waals surface area contributed by atoms with Crippen LogP contribution in [-0.2, 0) is 0 Å². The van der Waals surface area contributed by atoms with Crippen LogP contribution < -0.4 is 5.32 Å². The van der Waals surface area contributed by atoms with Crippen LogP contribution >= 0.6 is 11.3 Å². The van der Waals surface area contributed by atoms with E-state index in [0.717, 1.165) is 31.4 Å². The van der Waals surface area contributed by atoms with E-state index in [1.807, 2.05) is 16.8 Å². The monoisotopic (exact) mass is 278 g/mol. The molecule has 0 aromatic carbocycles. The van der Waals surface area contributed by atoms with Crippen molar-refractivity contribution in [1.29, 1.82) is 0 Å². The maximum atomic E-state index is 12.6. The van der Waals surface area contributed by atoms with E-state index in [0.29, 0.717) is 18.1 Å². The summed E-state index contributed by atoms with van der Waals surface area (Å²) in [7, 11) is 0. The van der Waals surface area contributed by atoms with Crippen LogP contribution in [0.4, 0.5) is 0 Å². The number of fused-ring (bicyclic) bond motifs is 2. The van der Waals surface area contributed by atoms with E-state index in [-0.39, 0.29) is 5.91 Å². The first-order valence-corrected chi connectivity index (χ1v) is 8.31. The fraction of sp³-hybridized carbons (Fsp3) is 0.667. The van der Waals surface area contributed by atoms with Crippen LogP contribution in [0.3, 0.4) is 0 Å². The molecule has 0 saturated carbocycles. The minimum atomic E-state index is 0.231. The van der Waals surface area contributed by atoms with Gasteiger partial charge in [0.1, 0.15) is 0 Å². The third-order valence-electron chi connectivity index (χ3n) is 4.38. The zero-order valence-electron chi connectivity index (χ0n) is 11.5. The van der Waals surface area contributed by atoms with Crippen LogP contribution in [0.25, 0.3) is 0 Å². The molecule has 1 aromatic rings. The van der Waals surface area contributed by atoms with Crippen molar-refractivity contribution in [2.75, 3.05) is 6.54 Å². The van der Waals surface area contributed by atoms with E-state index in [2.05, 4.69) is 17.1 Å². The van der Waals surface area contributed by atoms with E-state index in [1.165, 1.54) is 12.8 Å². The molecule has 0 radical (unpaired) electrons. The highest BCUT2D eigenvalue weighted by Crippen LogP contribution is 2.30. The highest BCUT2D eigenvalue weighted by molar-refractivity contribution is 7.08. The number of hydrogen-bond donors (Lipinski definition) is 1. The average molecular weight is 278 g/mol. The second kappa shape index (κ2) is 5.63. The number of carbonyl (C=O) groups excluding carboxylic acids is 1. The zero-order valence-corrected chi connectivity index (χ0v) is 12.3. The second-order valence-corrected chi connectivity index (χ2v) is 6.55. The minimum absolute atomic E-state index is 0.231. The first-order chi connectivity index (χ1) is 9.28. The van der Waals surface area contributed by atoms with Gasteiger partial charge in [-0.15, -0.1) is 0 Å². The third-order valence-corrected chi connectivity index (χ3v) is 5.07. The molecule has 3 heterocycles. The number of nitrogens with one attached hydrogen (secondary N) is 1. The van der Waals surface area contributed by atoms with Gasteiger partial charge < -0.3 is 10.2 Å². The molecule has 2 fully saturated rings. The maximum Gasteiger partial charge on any atom is 0.254 e. The molecule has 1 N–H and O–H groups in total. The van der Waals surface area contributed by atoms with Crippen molar-refractivity contribution in [3.8, 4) is 0 Å². The van der Waals surface area contributed by atoms with Crippen molar-refractivity contribution in [2.45, 2.75) is 57.2 Å². The Kier molecular flexibility index (Phi) is 3.89. The number of rotatable bonds is 4. The Morgan fingerprint density at radius 3 is 2.74 bits per heavy atom. The molecular formula is C15H22N2OS. The molecule has 2 bridgehead atoms. The molecule has 2 saturated heterocycles. The second-order valence-electron chi connectivity index (χ2n) is 5.77. The van der Waals surface area contributed by atoms with Gasteiger partial charge in [0.2, 0.25) is 0 Å². The molecule has 2 aliphatic rings. The van der Waals surface area contributed by atoms with Crippen molar-refractivity contribution < 1.29 is 4.79 Å². The van der Waals surface area contributed by atoms with E-state index in [9.17, 15) is 4.79 Å². The molecule has 2 aliphatic heterocycles. The molecule has 2 unspecified atom stereocenters. The number of thiophene rings is 1. The lowest BCUT2D eigenvalue weighted by Gasteiger charge is -2.37. The molecule has 3 nitrogen and oxygen atoms in total. The van der Waals surface area contributed by atoms with Gasteiger partial charge in [-0.1, -0.05) is 6.92 Å². The lowest BCUT2D eigenvalue weighted by atomic mass is 9.97. The third kappa shape index (κ3) is 2.70. The van der Waals surface area contributed by atoms with Crippen LogP contribution in [0.1, 0.15) is 49.4 Å². The molecule has 3 rings (SSSR count). The lowest BCUT2D eigenvalue weighted by Crippen LogP contribution is -2.50. The molecular weight excluding hydrogens is 256 g/mol. The summed E-state index contributed by atoms with van der Waals surface area (Å²) >= 11 is 1.60. The standard InChI is InChI=1S/C15H22N2OS/c1-2-6-17(15(18)11-5-7-19-10-11)14-8-12-3-4-13(9-14)16-12/h5,7,10,12-14,16H,2-4,6,8-9H2,1H3. The van der Waals surface area contributed by atoms with Gasteiger partial charge >= 0.3 is 0 Å². The molecule has 104 valence electrons. The van der Waals surface area contributed by atoms with Gasteiger partial charge in [0.15, 0.2) is 0 Å². The van der Waals surface area contributed by atoms with E-state index in [4.69, 9.17) is 0 Å². The summed E-state index contributed by atoms with van der Waals surface area (Å²) in [6.45, 7) is 3.04. The summed E-state index contributed by atoms with van der Waals surface area (Å²) in [5.41, 5.74) is 0.865. The Labute approximate surface area is 119 Å². The Balaban J connectivity index is 1.75. The first kappa shape index (κ1) is 13.1. The van der Waals surface area contributed by atoms with Gasteiger partial charge in [0, 0.05) is 30.1 Å². The van der Waals surface area contributed by atoms with Crippen LogP contribution in [0.2, 0.25) is 0 Å². The highest BCUT2D eigenvalue weighted by Gasteiger charge is 2.37. The van der Waals surface area contributed by atoms with Gasteiger partial charge in [-0.3, -0.25) is 4.79 Å². The molecule has 0 spiro atoms. The Hall–Kier alpha value is -0.870. The van der Waals surface area contributed by atoms with Crippen molar-refractivity contribution in [2.24, 2.45) is 0 Å². The van der Waals surface area contributed by atoms with Crippen LogP contribution in [-0.4, -0.2) is 35.5 Å². The maximum absolute atomic E-state index is 12.6. The molecule has 1 amide bonds. The van der Waals surface area contributed by atoms with Gasteiger partial charge in [0.25, 0.3) is 5.91 Å². The minimum Gasteiger partial charge on any atom is -0.336 e. The smallest absolute Gasteiger partial charge is 0.254 e. The fourth-order valence-corrected chi connectivity index (χ4v) is 4.15. The average Bonchev–Trinajstić information content (AvgIpc) is 3.05. The quantitative estimate of drug-likeness (QED) is 0.918. The van der Waals surface area contributed by atoms with Crippen molar-refractivity contribution >= 4 is 17.2 Å². The molecule has 0 aliphatic carbocycles. The van der Waals surface area contributed by atoms with Gasteiger partial charge in [0.05, 0.1) is 5.56 Å². The van der Waals surface area contributed by atoms with Crippen molar-refractivity contribution in [3.05, 3.63) is 22.4 Å². The Morgan fingerprint density at radius 2 is 2.16 bits per heavy atom. The molecule has 1 aromatic heterocycles. The number of amides is 1. The summed E-state index contributed by atoms with van der Waals surface area (Å²) < 4.78 is 0. The van der Waals surface area contributed by atoms with Crippen LogP contribution in [0.15, 0.2) is 16.8 Å². The normalized spacial score (nSPS) is 29.4. The van der Waals surface area contributed by atoms with Gasteiger partial charge in [-0.2, -0.15) is 11.3 Å². The first-order valence-electron chi connectivity index (χ1n) is 7.37. The summed E-state index contributed by atoms with van der Waals surface area (Å²) in [4.78, 5) is 14.8. The van der Waals surface area contributed by atoms with E-state index >= 15 is 0 Å². The van der Waals surface area contributed by atoms with Crippen LogP contribution in [0.5, 0.6) is 0 Å². The molecule has 19 heavy (non-hydrogen) atoms. The SMILES string of the molecule is CCCN(C(=O)c1ccsc1)C1CC2CCC(C1)N2. The summed E-state index contributed by atoms with van der Waals surface area (Å²) in [5, 5.41) is 7.62. The van der Waals surface area contributed by atoms with Crippen molar-refractivity contribution in [1.82, 2.24) is 10.2 Å². The van der Waals surface area contributed by atoms with E-state index < -0.39 is 0 Å². The van der Waals surface area contributed by atoms with E-state index in [1.54, 1.807) is 11.3 Å². The number of piperidine rings is 1. The topological polar surface area (TPSA) is 32.3 Å². The predicted molar refractivity (Wildman–Crippen MR) is 78.6 cm³/mol. The highest BCUT2D eigenvalue weighted by atomic mass is 32.1. The Morgan fingerprint density at radius 1 is 1.42 bits per heavy atom. The predicted octanol–water partition coefficient (Wildman–Crippen LogP) is 2.88. The van der Waals surface area contributed by atoms with Crippen molar-refractivity contribution in [3.63, 3.8) is 0 Å². The summed E-state index contributed by atoms with van der Waals surface area (Å²) in [6, 6.07) is 3.66. The Bertz CT molecular complexity index is 419. The number of hydrogen-bond acceptors (Lipinski definition) is 3. The van der Waals surface area contributed by atoms with Gasteiger partial charge in [-0.05, 0) is 43.6 Å². The lowest BCUT2D eigenvalue weighted by molar-refractivity contribution is 0.0617. The summed E-state index contributed by atoms with van der Waals surface area (Å²) in [6.07, 6.45) is 5.87. The number of carbonyl (C=O) groups is 1. The largest absolute Gasteiger partial charge is 0.336 e. The molecule has 4 heteroatoms. The van der Waals surface area contributed by atoms with Crippen LogP contribution in [0, 0.1) is 0 Å². The van der Waals surface area contributed by atoms with Gasteiger partial charge in [-0.25, -0.2) is 0 Å². The number of nitrogens with zero attached hydrogens (tertiary/aromatic N) is 1. The summed E-state index contributed by atoms with van der Waals surface area (Å²) in [5.74, 6) is 0.231. The zero-order chi connectivity index (χ0) is 13.2. The molecule has 2 atom stereocenters.